The van der Waals surface area contributed by atoms with Crippen LogP contribution in [0.2, 0.25) is 5.02 Å². The predicted octanol–water partition coefficient (Wildman–Crippen LogP) is 4.56. The Morgan fingerprint density at radius 3 is 2.76 bits per heavy atom. The van der Waals surface area contributed by atoms with E-state index in [1.54, 1.807) is 30.3 Å². The summed E-state index contributed by atoms with van der Waals surface area (Å²) in [7, 11) is 0. The van der Waals surface area contributed by atoms with Gasteiger partial charge in [0.05, 0.1) is 10.2 Å². The van der Waals surface area contributed by atoms with E-state index in [2.05, 4.69) is 15.6 Å². The maximum Gasteiger partial charge on any atom is 0.250 e. The lowest BCUT2D eigenvalue weighted by Gasteiger charge is -1.99. The molecule has 7 heteroatoms. The standard InChI is InChI=1S/C18H14ClN3O2S/c1-11(23)20-14-6-7-15-16(10-14)25-18(21-15)22-17(24)8-5-12-3-2-4-13(19)9-12/h2-10H,1H3,(H,20,23)(H,21,22,24)/b8-5+. The van der Waals surface area contributed by atoms with Crippen molar-refractivity contribution in [3.8, 4) is 0 Å². The maximum absolute atomic E-state index is 12.0. The van der Waals surface area contributed by atoms with Crippen molar-refractivity contribution in [1.29, 1.82) is 0 Å². The Kier molecular flexibility index (Phi) is 5.11. The Morgan fingerprint density at radius 2 is 2.00 bits per heavy atom. The second kappa shape index (κ2) is 7.46. The van der Waals surface area contributed by atoms with E-state index in [1.807, 2.05) is 18.2 Å². The van der Waals surface area contributed by atoms with E-state index >= 15 is 0 Å². The normalized spacial score (nSPS) is 11.0. The molecule has 0 atom stereocenters. The van der Waals surface area contributed by atoms with Gasteiger partial charge in [-0.1, -0.05) is 35.1 Å². The minimum atomic E-state index is -0.277. The van der Waals surface area contributed by atoms with Crippen molar-refractivity contribution in [1.82, 2.24) is 4.98 Å². The van der Waals surface area contributed by atoms with Crippen LogP contribution in [0.4, 0.5) is 10.8 Å². The highest BCUT2D eigenvalue weighted by Crippen LogP contribution is 2.28. The summed E-state index contributed by atoms with van der Waals surface area (Å²) in [6.45, 7) is 1.45. The van der Waals surface area contributed by atoms with Crippen LogP contribution in [-0.2, 0) is 9.59 Å². The third kappa shape index (κ3) is 4.65. The number of hydrogen-bond acceptors (Lipinski definition) is 4. The summed E-state index contributed by atoms with van der Waals surface area (Å²) in [6, 6.07) is 12.6. The van der Waals surface area contributed by atoms with E-state index in [4.69, 9.17) is 11.6 Å². The third-order valence-electron chi connectivity index (χ3n) is 3.21. The molecule has 2 aromatic carbocycles. The second-order valence-electron chi connectivity index (χ2n) is 5.26. The van der Waals surface area contributed by atoms with Crippen LogP contribution in [-0.4, -0.2) is 16.8 Å². The summed E-state index contributed by atoms with van der Waals surface area (Å²) >= 11 is 7.25. The van der Waals surface area contributed by atoms with Gasteiger partial charge >= 0.3 is 0 Å². The first-order valence-corrected chi connectivity index (χ1v) is 8.62. The Hall–Kier alpha value is -2.70. The summed E-state index contributed by atoms with van der Waals surface area (Å²) in [6.07, 6.45) is 3.11. The number of thiazole rings is 1. The van der Waals surface area contributed by atoms with Crippen molar-refractivity contribution in [2.45, 2.75) is 6.92 Å². The molecule has 5 nitrogen and oxygen atoms in total. The van der Waals surface area contributed by atoms with E-state index in [0.29, 0.717) is 15.8 Å². The van der Waals surface area contributed by atoms with Gasteiger partial charge in [-0.25, -0.2) is 4.98 Å². The average Bonchev–Trinajstić information content (AvgIpc) is 2.94. The van der Waals surface area contributed by atoms with Crippen LogP contribution in [0.5, 0.6) is 0 Å². The van der Waals surface area contributed by atoms with Gasteiger partial charge in [0.1, 0.15) is 0 Å². The number of aromatic nitrogens is 1. The number of amides is 2. The predicted molar refractivity (Wildman–Crippen MR) is 103 cm³/mol. The molecule has 25 heavy (non-hydrogen) atoms. The molecule has 0 aliphatic carbocycles. The van der Waals surface area contributed by atoms with E-state index in [0.717, 1.165) is 15.8 Å². The van der Waals surface area contributed by atoms with Gasteiger partial charge in [0.25, 0.3) is 0 Å². The van der Waals surface area contributed by atoms with Crippen LogP contribution in [0.3, 0.4) is 0 Å². The summed E-state index contributed by atoms with van der Waals surface area (Å²) < 4.78 is 0.875. The van der Waals surface area contributed by atoms with Gasteiger partial charge in [0.15, 0.2) is 5.13 Å². The van der Waals surface area contributed by atoms with Crippen LogP contribution in [0.15, 0.2) is 48.5 Å². The Labute approximate surface area is 153 Å². The quantitative estimate of drug-likeness (QED) is 0.660. The van der Waals surface area contributed by atoms with Crippen molar-refractivity contribution in [2.24, 2.45) is 0 Å². The van der Waals surface area contributed by atoms with Crippen LogP contribution in [0.1, 0.15) is 12.5 Å². The monoisotopic (exact) mass is 371 g/mol. The molecule has 1 heterocycles. The molecule has 126 valence electrons. The summed E-state index contributed by atoms with van der Waals surface area (Å²) in [5, 5.41) is 6.57. The van der Waals surface area contributed by atoms with E-state index in [-0.39, 0.29) is 11.8 Å². The summed E-state index contributed by atoms with van der Waals surface area (Å²) in [5.74, 6) is -0.412. The molecule has 2 N–H and O–H groups in total. The van der Waals surface area contributed by atoms with E-state index < -0.39 is 0 Å². The largest absolute Gasteiger partial charge is 0.326 e. The number of benzene rings is 2. The number of carbonyl (C=O) groups is 2. The molecule has 2 amide bonds. The van der Waals surface area contributed by atoms with Crippen molar-refractivity contribution >= 4 is 61.9 Å². The highest BCUT2D eigenvalue weighted by atomic mass is 35.5. The zero-order valence-electron chi connectivity index (χ0n) is 13.2. The Morgan fingerprint density at radius 1 is 1.16 bits per heavy atom. The molecule has 1 aromatic heterocycles. The van der Waals surface area contributed by atoms with E-state index in [9.17, 15) is 9.59 Å². The third-order valence-corrected chi connectivity index (χ3v) is 4.38. The number of fused-ring (bicyclic) bond motifs is 1. The minimum absolute atomic E-state index is 0.136. The molecule has 0 saturated heterocycles. The zero-order chi connectivity index (χ0) is 17.8. The van der Waals surface area contributed by atoms with Crippen molar-refractivity contribution < 1.29 is 9.59 Å². The topological polar surface area (TPSA) is 71.1 Å². The highest BCUT2D eigenvalue weighted by molar-refractivity contribution is 7.22. The minimum Gasteiger partial charge on any atom is -0.326 e. The van der Waals surface area contributed by atoms with Crippen LogP contribution in [0, 0.1) is 0 Å². The molecule has 3 aromatic rings. The first kappa shape index (κ1) is 17.1. The SMILES string of the molecule is CC(=O)Nc1ccc2nc(NC(=O)/C=C/c3cccc(Cl)c3)sc2c1. The number of anilines is 2. The lowest BCUT2D eigenvalue weighted by molar-refractivity contribution is -0.114. The fourth-order valence-electron chi connectivity index (χ4n) is 2.19. The van der Waals surface area contributed by atoms with Gasteiger partial charge in [0, 0.05) is 23.7 Å². The zero-order valence-corrected chi connectivity index (χ0v) is 14.8. The molecule has 0 saturated carbocycles. The first-order valence-electron chi connectivity index (χ1n) is 7.42. The lowest BCUT2D eigenvalue weighted by Crippen LogP contribution is -2.07. The Balaban J connectivity index is 1.71. The van der Waals surface area contributed by atoms with Crippen LogP contribution < -0.4 is 10.6 Å². The van der Waals surface area contributed by atoms with Crippen LogP contribution >= 0.6 is 22.9 Å². The van der Waals surface area contributed by atoms with Crippen molar-refractivity contribution in [3.63, 3.8) is 0 Å². The molecule has 0 spiro atoms. The number of rotatable bonds is 4. The second-order valence-corrected chi connectivity index (χ2v) is 6.73. The number of carbonyl (C=O) groups excluding carboxylic acids is 2. The molecule has 3 rings (SSSR count). The van der Waals surface area contributed by atoms with Gasteiger partial charge in [-0.2, -0.15) is 0 Å². The molecule has 0 unspecified atom stereocenters. The number of nitrogens with zero attached hydrogens (tertiary/aromatic N) is 1. The van der Waals surface area contributed by atoms with E-state index in [1.165, 1.54) is 24.3 Å². The molecular weight excluding hydrogens is 358 g/mol. The molecule has 0 aliphatic heterocycles. The number of hydrogen-bond donors (Lipinski definition) is 2. The smallest absolute Gasteiger partial charge is 0.250 e. The number of nitrogens with one attached hydrogen (secondary N) is 2. The van der Waals surface area contributed by atoms with Crippen molar-refractivity contribution in [3.05, 3.63) is 59.1 Å². The molecular formula is C18H14ClN3O2S. The molecule has 0 aliphatic rings. The maximum atomic E-state index is 12.0. The van der Waals surface area contributed by atoms with Gasteiger partial charge in [-0.3, -0.25) is 14.9 Å². The van der Waals surface area contributed by atoms with Crippen LogP contribution in [0.25, 0.3) is 16.3 Å². The molecule has 0 fully saturated rings. The fraction of sp³-hybridized carbons (Fsp3) is 0.0556. The average molecular weight is 372 g/mol. The van der Waals surface area contributed by atoms with Crippen molar-refractivity contribution in [2.75, 3.05) is 10.6 Å². The van der Waals surface area contributed by atoms with Gasteiger partial charge < -0.3 is 5.32 Å². The molecule has 0 radical (unpaired) electrons. The number of halogens is 1. The molecule has 0 bridgehead atoms. The fourth-order valence-corrected chi connectivity index (χ4v) is 3.30. The van der Waals surface area contributed by atoms with Gasteiger partial charge in [-0.05, 0) is 42.0 Å². The highest BCUT2D eigenvalue weighted by Gasteiger charge is 2.07. The van der Waals surface area contributed by atoms with Gasteiger partial charge in [-0.15, -0.1) is 0 Å². The first-order chi connectivity index (χ1) is 12.0. The summed E-state index contributed by atoms with van der Waals surface area (Å²) in [5.41, 5.74) is 2.29. The van der Waals surface area contributed by atoms with Gasteiger partial charge in [0.2, 0.25) is 11.8 Å². The summed E-state index contributed by atoms with van der Waals surface area (Å²) in [4.78, 5) is 27.5. The lowest BCUT2D eigenvalue weighted by atomic mass is 10.2. The Bertz CT molecular complexity index is 981.